The highest BCUT2D eigenvalue weighted by Crippen LogP contribution is 2.38. The van der Waals surface area contributed by atoms with Crippen LogP contribution in [0.5, 0.6) is 0 Å². The highest BCUT2D eigenvalue weighted by molar-refractivity contribution is 5.94. The molecule has 2 aromatic rings. The molecule has 1 unspecified atom stereocenters. The van der Waals surface area contributed by atoms with E-state index in [1.54, 1.807) is 17.2 Å². The first-order chi connectivity index (χ1) is 11.5. The van der Waals surface area contributed by atoms with Gasteiger partial charge in [-0.1, -0.05) is 6.07 Å². The number of halogens is 1. The summed E-state index contributed by atoms with van der Waals surface area (Å²) >= 11 is 0. The van der Waals surface area contributed by atoms with Crippen LogP contribution < -0.4 is 5.32 Å². The standard InChI is InChI=1S/C17H19FN4O2/c1-11-3-4-12-20-13(14(18)22(12)9-11)15(23)21-8-6-17(10-21)5-2-7-19-16(17)24/h3-4,9H,2,5-8,10H2,1H3,(H,19,24). The van der Waals surface area contributed by atoms with Gasteiger partial charge in [-0.15, -0.1) is 0 Å². The summed E-state index contributed by atoms with van der Waals surface area (Å²) in [5.41, 5.74) is 0.608. The Balaban J connectivity index is 1.63. The normalized spacial score (nSPS) is 23.9. The average Bonchev–Trinajstić information content (AvgIpc) is 3.13. The number of likely N-dealkylation sites (tertiary alicyclic amines) is 1. The van der Waals surface area contributed by atoms with Crippen molar-refractivity contribution in [3.63, 3.8) is 0 Å². The molecule has 0 radical (unpaired) electrons. The Bertz CT molecular complexity index is 846. The molecule has 2 fully saturated rings. The molecule has 2 saturated heterocycles. The number of carbonyl (C=O) groups is 2. The molecule has 4 rings (SSSR count). The number of amides is 2. The van der Waals surface area contributed by atoms with Crippen molar-refractivity contribution in [2.45, 2.75) is 26.2 Å². The third-order valence-electron chi connectivity index (χ3n) is 5.15. The minimum Gasteiger partial charge on any atom is -0.356 e. The summed E-state index contributed by atoms with van der Waals surface area (Å²) in [6.45, 7) is 3.34. The zero-order chi connectivity index (χ0) is 16.9. The molecule has 0 bridgehead atoms. The molecule has 2 amide bonds. The number of hydrogen-bond donors (Lipinski definition) is 1. The molecule has 2 aromatic heterocycles. The van der Waals surface area contributed by atoms with Gasteiger partial charge in [0.05, 0.1) is 5.41 Å². The SMILES string of the molecule is Cc1ccc2nc(C(=O)N3CCC4(CCCNC4=O)C3)c(F)n2c1. The summed E-state index contributed by atoms with van der Waals surface area (Å²) in [7, 11) is 0. The van der Waals surface area contributed by atoms with Crippen LogP contribution in [0.2, 0.25) is 0 Å². The molecule has 126 valence electrons. The van der Waals surface area contributed by atoms with Crippen molar-refractivity contribution in [2.75, 3.05) is 19.6 Å². The van der Waals surface area contributed by atoms with Gasteiger partial charge in [-0.3, -0.25) is 14.0 Å². The van der Waals surface area contributed by atoms with E-state index < -0.39 is 17.3 Å². The van der Waals surface area contributed by atoms with Crippen molar-refractivity contribution in [3.8, 4) is 0 Å². The number of rotatable bonds is 1. The van der Waals surface area contributed by atoms with Crippen LogP contribution in [0.15, 0.2) is 18.3 Å². The lowest BCUT2D eigenvalue weighted by Crippen LogP contribution is -2.47. The van der Waals surface area contributed by atoms with Gasteiger partial charge in [-0.25, -0.2) is 4.98 Å². The highest BCUT2D eigenvalue weighted by atomic mass is 19.1. The summed E-state index contributed by atoms with van der Waals surface area (Å²) in [5.74, 6) is -1.08. The second-order valence-electron chi connectivity index (χ2n) is 6.80. The Labute approximate surface area is 138 Å². The molecular weight excluding hydrogens is 311 g/mol. The molecule has 0 aromatic carbocycles. The number of pyridine rings is 1. The van der Waals surface area contributed by atoms with E-state index in [0.717, 1.165) is 18.4 Å². The molecule has 1 N–H and O–H groups in total. The van der Waals surface area contributed by atoms with Crippen molar-refractivity contribution >= 4 is 17.5 Å². The molecule has 2 aliphatic rings. The smallest absolute Gasteiger partial charge is 0.277 e. The minimum atomic E-state index is -0.646. The Kier molecular flexibility index (Phi) is 3.33. The first-order valence-electron chi connectivity index (χ1n) is 8.22. The van der Waals surface area contributed by atoms with Gasteiger partial charge in [0.15, 0.2) is 5.69 Å². The molecule has 6 nitrogen and oxygen atoms in total. The summed E-state index contributed by atoms with van der Waals surface area (Å²) in [6, 6.07) is 3.52. The number of imidazole rings is 1. The van der Waals surface area contributed by atoms with E-state index in [-0.39, 0.29) is 11.6 Å². The Morgan fingerprint density at radius 3 is 3.00 bits per heavy atom. The summed E-state index contributed by atoms with van der Waals surface area (Å²) in [6.07, 6.45) is 3.93. The number of nitrogens with zero attached hydrogens (tertiary/aromatic N) is 3. The maximum atomic E-state index is 14.6. The van der Waals surface area contributed by atoms with Gasteiger partial charge in [-0.2, -0.15) is 4.39 Å². The van der Waals surface area contributed by atoms with Crippen LogP contribution in [0.1, 0.15) is 35.3 Å². The fourth-order valence-corrected chi connectivity index (χ4v) is 3.77. The van der Waals surface area contributed by atoms with Gasteiger partial charge in [0.25, 0.3) is 5.91 Å². The minimum absolute atomic E-state index is 0.00940. The predicted molar refractivity (Wildman–Crippen MR) is 85.1 cm³/mol. The maximum absolute atomic E-state index is 14.6. The quantitative estimate of drug-likeness (QED) is 0.862. The number of carbonyl (C=O) groups excluding carboxylic acids is 2. The third-order valence-corrected chi connectivity index (χ3v) is 5.15. The van der Waals surface area contributed by atoms with Gasteiger partial charge in [0, 0.05) is 25.8 Å². The van der Waals surface area contributed by atoms with Gasteiger partial charge in [0.2, 0.25) is 11.9 Å². The Morgan fingerprint density at radius 1 is 1.38 bits per heavy atom. The number of hydrogen-bond acceptors (Lipinski definition) is 3. The molecule has 1 spiro atoms. The number of nitrogens with one attached hydrogen (secondary N) is 1. The van der Waals surface area contributed by atoms with Gasteiger partial charge < -0.3 is 10.2 Å². The number of aryl methyl sites for hydroxylation is 1. The molecule has 1 atom stereocenters. The molecule has 0 saturated carbocycles. The first-order valence-corrected chi connectivity index (χ1v) is 8.22. The van der Waals surface area contributed by atoms with E-state index in [1.165, 1.54) is 4.40 Å². The largest absolute Gasteiger partial charge is 0.356 e. The fourth-order valence-electron chi connectivity index (χ4n) is 3.77. The number of fused-ring (bicyclic) bond motifs is 1. The van der Waals surface area contributed by atoms with Crippen LogP contribution in [0.3, 0.4) is 0 Å². The predicted octanol–water partition coefficient (Wildman–Crippen LogP) is 1.52. The first kappa shape index (κ1) is 15.1. The van der Waals surface area contributed by atoms with Crippen molar-refractivity contribution in [1.29, 1.82) is 0 Å². The van der Waals surface area contributed by atoms with Crippen LogP contribution in [-0.2, 0) is 4.79 Å². The summed E-state index contributed by atoms with van der Waals surface area (Å²) < 4.78 is 15.9. The number of piperidine rings is 1. The molecular formula is C17H19FN4O2. The molecule has 7 heteroatoms. The van der Waals surface area contributed by atoms with Crippen LogP contribution in [-0.4, -0.2) is 45.7 Å². The lowest BCUT2D eigenvalue weighted by Gasteiger charge is -2.31. The Hall–Kier alpha value is -2.44. The van der Waals surface area contributed by atoms with E-state index in [0.29, 0.717) is 31.7 Å². The fraction of sp³-hybridized carbons (Fsp3) is 0.471. The molecule has 4 heterocycles. The molecule has 2 aliphatic heterocycles. The van der Waals surface area contributed by atoms with E-state index in [9.17, 15) is 14.0 Å². The van der Waals surface area contributed by atoms with E-state index >= 15 is 0 Å². The van der Waals surface area contributed by atoms with Crippen LogP contribution in [0.25, 0.3) is 5.65 Å². The topological polar surface area (TPSA) is 66.7 Å². The van der Waals surface area contributed by atoms with Gasteiger partial charge >= 0.3 is 0 Å². The average molecular weight is 330 g/mol. The monoisotopic (exact) mass is 330 g/mol. The summed E-state index contributed by atoms with van der Waals surface area (Å²) in [5, 5.41) is 2.88. The highest BCUT2D eigenvalue weighted by Gasteiger charge is 2.47. The molecule has 24 heavy (non-hydrogen) atoms. The van der Waals surface area contributed by atoms with Crippen LogP contribution in [0.4, 0.5) is 4.39 Å². The van der Waals surface area contributed by atoms with Crippen molar-refractivity contribution in [2.24, 2.45) is 5.41 Å². The lowest BCUT2D eigenvalue weighted by atomic mass is 9.79. The second kappa shape index (κ2) is 5.29. The second-order valence-corrected chi connectivity index (χ2v) is 6.80. The van der Waals surface area contributed by atoms with Crippen LogP contribution in [0, 0.1) is 18.3 Å². The van der Waals surface area contributed by atoms with Crippen molar-refractivity contribution in [3.05, 3.63) is 35.5 Å². The zero-order valence-corrected chi connectivity index (χ0v) is 13.5. The Morgan fingerprint density at radius 2 is 2.21 bits per heavy atom. The van der Waals surface area contributed by atoms with Gasteiger partial charge in [-0.05, 0) is 37.8 Å². The van der Waals surface area contributed by atoms with Crippen molar-refractivity contribution < 1.29 is 14.0 Å². The van der Waals surface area contributed by atoms with E-state index in [1.807, 2.05) is 13.0 Å². The summed E-state index contributed by atoms with van der Waals surface area (Å²) in [4.78, 5) is 30.7. The molecule has 0 aliphatic carbocycles. The van der Waals surface area contributed by atoms with Crippen molar-refractivity contribution in [1.82, 2.24) is 19.6 Å². The number of aromatic nitrogens is 2. The maximum Gasteiger partial charge on any atom is 0.277 e. The lowest BCUT2D eigenvalue weighted by molar-refractivity contribution is -0.132. The van der Waals surface area contributed by atoms with Crippen LogP contribution >= 0.6 is 0 Å². The van der Waals surface area contributed by atoms with E-state index in [4.69, 9.17) is 0 Å². The third kappa shape index (κ3) is 2.18. The van der Waals surface area contributed by atoms with E-state index in [2.05, 4.69) is 10.3 Å². The van der Waals surface area contributed by atoms with Gasteiger partial charge in [0.1, 0.15) is 5.65 Å². The zero-order valence-electron chi connectivity index (χ0n) is 13.5.